The summed E-state index contributed by atoms with van der Waals surface area (Å²) in [5, 5.41) is 1.22. The SMILES string of the molecule is CCc1cc2c(c3ncccc13)OCN(CCC1CCCO1)C2. The molecule has 0 aliphatic carbocycles. The number of hydrogen-bond acceptors (Lipinski definition) is 4. The van der Waals surface area contributed by atoms with Gasteiger partial charge in [0.1, 0.15) is 12.2 Å². The molecule has 0 saturated carbocycles. The molecular weight excluding hydrogens is 288 g/mol. The van der Waals surface area contributed by atoms with Gasteiger partial charge in [-0.1, -0.05) is 19.1 Å². The number of ether oxygens (including phenoxy) is 2. The Labute approximate surface area is 137 Å². The van der Waals surface area contributed by atoms with Gasteiger partial charge in [0.25, 0.3) is 0 Å². The Kier molecular flexibility index (Phi) is 4.19. The molecule has 1 atom stereocenters. The van der Waals surface area contributed by atoms with Crippen LogP contribution in [0.2, 0.25) is 0 Å². The van der Waals surface area contributed by atoms with Crippen molar-refractivity contribution in [1.82, 2.24) is 9.88 Å². The van der Waals surface area contributed by atoms with E-state index in [2.05, 4.69) is 28.9 Å². The van der Waals surface area contributed by atoms with Gasteiger partial charge in [0.2, 0.25) is 0 Å². The molecule has 1 unspecified atom stereocenters. The van der Waals surface area contributed by atoms with Gasteiger partial charge in [-0.15, -0.1) is 0 Å². The van der Waals surface area contributed by atoms with E-state index in [0.717, 1.165) is 43.8 Å². The summed E-state index contributed by atoms with van der Waals surface area (Å²) >= 11 is 0. The van der Waals surface area contributed by atoms with E-state index in [1.54, 1.807) is 0 Å². The Bertz CT molecular complexity index is 695. The zero-order chi connectivity index (χ0) is 15.6. The number of pyridine rings is 1. The average Bonchev–Trinajstić information content (AvgIpc) is 3.12. The Morgan fingerprint density at radius 1 is 1.39 bits per heavy atom. The number of fused-ring (bicyclic) bond motifs is 3. The first-order valence-electron chi connectivity index (χ1n) is 8.71. The maximum atomic E-state index is 6.09. The molecular formula is C19H24N2O2. The minimum atomic E-state index is 0.445. The smallest absolute Gasteiger partial charge is 0.152 e. The van der Waals surface area contributed by atoms with Crippen molar-refractivity contribution in [2.24, 2.45) is 0 Å². The molecule has 0 radical (unpaired) electrons. The van der Waals surface area contributed by atoms with Gasteiger partial charge in [-0.25, -0.2) is 0 Å². The van der Waals surface area contributed by atoms with Gasteiger partial charge < -0.3 is 9.47 Å². The predicted octanol–water partition coefficient (Wildman–Crippen LogP) is 3.52. The second kappa shape index (κ2) is 6.46. The fraction of sp³-hybridized carbons (Fsp3) is 0.526. The fourth-order valence-electron chi connectivity index (χ4n) is 3.71. The van der Waals surface area contributed by atoms with Crippen molar-refractivity contribution in [1.29, 1.82) is 0 Å². The highest BCUT2D eigenvalue weighted by molar-refractivity contribution is 5.89. The van der Waals surface area contributed by atoms with Crippen LogP contribution in [0.15, 0.2) is 24.4 Å². The van der Waals surface area contributed by atoms with Crippen LogP contribution in [-0.2, 0) is 17.7 Å². The van der Waals surface area contributed by atoms with Gasteiger partial charge in [-0.05, 0) is 37.3 Å². The number of aryl methyl sites for hydroxylation is 1. The molecule has 1 aromatic heterocycles. The van der Waals surface area contributed by atoms with Crippen molar-refractivity contribution in [2.45, 2.75) is 45.3 Å². The lowest BCUT2D eigenvalue weighted by atomic mass is 10.00. The number of rotatable bonds is 4. The molecule has 2 aromatic rings. The summed E-state index contributed by atoms with van der Waals surface area (Å²) in [7, 11) is 0. The molecule has 2 aliphatic rings. The maximum Gasteiger partial charge on any atom is 0.152 e. The Hall–Kier alpha value is -1.65. The third-order valence-electron chi connectivity index (χ3n) is 4.97. The highest BCUT2D eigenvalue weighted by atomic mass is 16.5. The second-order valence-corrected chi connectivity index (χ2v) is 6.53. The normalized spacial score (nSPS) is 21.3. The fourth-order valence-corrected chi connectivity index (χ4v) is 3.71. The quantitative estimate of drug-likeness (QED) is 0.865. The lowest BCUT2D eigenvalue weighted by molar-refractivity contribution is 0.0594. The van der Waals surface area contributed by atoms with Crippen molar-refractivity contribution < 1.29 is 9.47 Å². The van der Waals surface area contributed by atoms with Crippen molar-refractivity contribution in [3.8, 4) is 5.75 Å². The number of nitrogens with zero attached hydrogens (tertiary/aromatic N) is 2. The minimum absolute atomic E-state index is 0.445. The zero-order valence-corrected chi connectivity index (χ0v) is 13.8. The van der Waals surface area contributed by atoms with E-state index in [1.807, 2.05) is 12.3 Å². The predicted molar refractivity (Wildman–Crippen MR) is 90.6 cm³/mol. The third kappa shape index (κ3) is 2.93. The van der Waals surface area contributed by atoms with Crippen LogP contribution in [0.1, 0.15) is 37.3 Å². The molecule has 0 amide bonds. The summed E-state index contributed by atoms with van der Waals surface area (Å²) in [5.41, 5.74) is 3.64. The molecule has 1 fully saturated rings. The molecule has 0 N–H and O–H groups in total. The van der Waals surface area contributed by atoms with E-state index in [1.165, 1.54) is 29.4 Å². The molecule has 4 heteroatoms. The van der Waals surface area contributed by atoms with Crippen LogP contribution in [0.5, 0.6) is 5.75 Å². The van der Waals surface area contributed by atoms with Crippen molar-refractivity contribution in [3.63, 3.8) is 0 Å². The molecule has 23 heavy (non-hydrogen) atoms. The summed E-state index contributed by atoms with van der Waals surface area (Å²) in [5.74, 6) is 0.978. The largest absolute Gasteiger partial charge is 0.475 e. The summed E-state index contributed by atoms with van der Waals surface area (Å²) in [6.07, 6.45) is 6.84. The van der Waals surface area contributed by atoms with E-state index in [4.69, 9.17) is 9.47 Å². The van der Waals surface area contributed by atoms with E-state index in [0.29, 0.717) is 12.8 Å². The van der Waals surface area contributed by atoms with Gasteiger partial charge in [0.15, 0.2) is 5.75 Å². The van der Waals surface area contributed by atoms with E-state index < -0.39 is 0 Å². The standard InChI is InChI=1S/C19H24N2O2/c1-2-14-11-15-12-21(9-7-16-5-4-10-22-16)13-23-19(15)18-17(14)6-3-8-20-18/h3,6,8,11,16H,2,4-5,7,9-10,12-13H2,1H3. The highest BCUT2D eigenvalue weighted by Crippen LogP contribution is 2.35. The van der Waals surface area contributed by atoms with Gasteiger partial charge in [-0.2, -0.15) is 0 Å². The minimum Gasteiger partial charge on any atom is -0.475 e. The van der Waals surface area contributed by atoms with E-state index in [-0.39, 0.29) is 0 Å². The molecule has 2 aliphatic heterocycles. The Balaban J connectivity index is 1.55. The highest BCUT2D eigenvalue weighted by Gasteiger charge is 2.23. The van der Waals surface area contributed by atoms with Crippen LogP contribution in [0.3, 0.4) is 0 Å². The van der Waals surface area contributed by atoms with Gasteiger partial charge in [0, 0.05) is 36.8 Å². The molecule has 4 rings (SSSR count). The first kappa shape index (κ1) is 14.9. The van der Waals surface area contributed by atoms with Crippen molar-refractivity contribution >= 4 is 10.9 Å². The molecule has 1 aromatic carbocycles. The maximum absolute atomic E-state index is 6.09. The Morgan fingerprint density at radius 3 is 3.17 bits per heavy atom. The van der Waals surface area contributed by atoms with Crippen molar-refractivity contribution in [2.75, 3.05) is 19.9 Å². The number of benzene rings is 1. The zero-order valence-electron chi connectivity index (χ0n) is 13.8. The van der Waals surface area contributed by atoms with Crippen molar-refractivity contribution in [3.05, 3.63) is 35.5 Å². The van der Waals surface area contributed by atoms with Gasteiger partial charge in [-0.3, -0.25) is 9.88 Å². The molecule has 122 valence electrons. The lowest BCUT2D eigenvalue weighted by Crippen LogP contribution is -2.34. The summed E-state index contributed by atoms with van der Waals surface area (Å²) < 4.78 is 11.8. The van der Waals surface area contributed by atoms with Crippen LogP contribution < -0.4 is 4.74 Å². The molecule has 0 spiro atoms. The first-order valence-corrected chi connectivity index (χ1v) is 8.71. The van der Waals surface area contributed by atoms with Gasteiger partial charge in [0.05, 0.1) is 6.10 Å². The van der Waals surface area contributed by atoms with E-state index in [9.17, 15) is 0 Å². The summed E-state index contributed by atoms with van der Waals surface area (Å²) in [6.45, 7) is 5.76. The third-order valence-corrected chi connectivity index (χ3v) is 4.97. The first-order chi connectivity index (χ1) is 11.3. The lowest BCUT2D eigenvalue weighted by Gasteiger charge is -2.30. The monoisotopic (exact) mass is 312 g/mol. The second-order valence-electron chi connectivity index (χ2n) is 6.53. The summed E-state index contributed by atoms with van der Waals surface area (Å²) in [6, 6.07) is 6.46. The molecule has 4 nitrogen and oxygen atoms in total. The van der Waals surface area contributed by atoms with E-state index >= 15 is 0 Å². The summed E-state index contributed by atoms with van der Waals surface area (Å²) in [4.78, 5) is 6.95. The Morgan fingerprint density at radius 2 is 2.35 bits per heavy atom. The average molecular weight is 312 g/mol. The topological polar surface area (TPSA) is 34.6 Å². The molecule has 0 bridgehead atoms. The van der Waals surface area contributed by atoms with Crippen LogP contribution in [-0.4, -0.2) is 35.9 Å². The van der Waals surface area contributed by atoms with Crippen LogP contribution in [0, 0.1) is 0 Å². The van der Waals surface area contributed by atoms with Crippen LogP contribution in [0.25, 0.3) is 10.9 Å². The number of hydrogen-bond donors (Lipinski definition) is 0. The van der Waals surface area contributed by atoms with Crippen LogP contribution >= 0.6 is 0 Å². The van der Waals surface area contributed by atoms with Gasteiger partial charge >= 0.3 is 0 Å². The molecule has 1 saturated heterocycles. The van der Waals surface area contributed by atoms with Crippen LogP contribution in [0.4, 0.5) is 0 Å². The number of aromatic nitrogens is 1. The molecule has 3 heterocycles.